The van der Waals surface area contributed by atoms with E-state index >= 15 is 0 Å². The van der Waals surface area contributed by atoms with Crippen molar-refractivity contribution in [2.45, 2.75) is 12.7 Å². The molecule has 0 spiro atoms. The average molecular weight is 337 g/mol. The molecule has 0 fully saturated rings. The first-order chi connectivity index (χ1) is 8.29. The highest BCUT2D eigenvalue weighted by Crippen LogP contribution is 2.30. The molecule has 18 heavy (non-hydrogen) atoms. The van der Waals surface area contributed by atoms with Gasteiger partial charge in [-0.2, -0.15) is 13.2 Å². The van der Waals surface area contributed by atoms with Crippen LogP contribution in [0, 0.1) is 0 Å². The molecule has 2 rings (SSSR count). The molecule has 1 aromatic carbocycles. The van der Waals surface area contributed by atoms with Crippen LogP contribution in [0.5, 0.6) is 0 Å². The molecule has 0 amide bonds. The standard InChI is InChI=1S/C11H8BrF3N2S/c12-7-2-1-3-8-6(7)4-9(10(16)18)17(8)5-11(13,14)15/h1-4H,5H2,(H2,16,18). The van der Waals surface area contributed by atoms with Crippen molar-refractivity contribution in [3.63, 3.8) is 0 Å². The van der Waals surface area contributed by atoms with Gasteiger partial charge in [-0.25, -0.2) is 0 Å². The first-order valence-electron chi connectivity index (χ1n) is 4.94. The molecule has 0 aliphatic carbocycles. The molecule has 1 heterocycles. The molecular formula is C11H8BrF3N2S. The normalized spacial score (nSPS) is 12.0. The van der Waals surface area contributed by atoms with Gasteiger partial charge in [0.1, 0.15) is 11.5 Å². The molecule has 0 aliphatic rings. The van der Waals surface area contributed by atoms with E-state index in [1.807, 2.05) is 0 Å². The highest BCUT2D eigenvalue weighted by Gasteiger charge is 2.30. The number of nitrogens with two attached hydrogens (primary N) is 1. The molecule has 0 bridgehead atoms. The summed E-state index contributed by atoms with van der Waals surface area (Å²) in [4.78, 5) is -0.0534. The number of fused-ring (bicyclic) bond motifs is 1. The van der Waals surface area contributed by atoms with Gasteiger partial charge < -0.3 is 10.3 Å². The summed E-state index contributed by atoms with van der Waals surface area (Å²) in [6, 6.07) is 6.59. The second-order valence-electron chi connectivity index (χ2n) is 3.77. The third-order valence-corrected chi connectivity index (χ3v) is 3.38. The molecule has 0 aliphatic heterocycles. The summed E-state index contributed by atoms with van der Waals surface area (Å²) >= 11 is 8.09. The van der Waals surface area contributed by atoms with Crippen molar-refractivity contribution in [2.75, 3.05) is 0 Å². The van der Waals surface area contributed by atoms with Gasteiger partial charge >= 0.3 is 6.18 Å². The van der Waals surface area contributed by atoms with Crippen LogP contribution in [0.3, 0.4) is 0 Å². The van der Waals surface area contributed by atoms with Crippen molar-refractivity contribution >= 4 is 44.0 Å². The van der Waals surface area contributed by atoms with Crippen molar-refractivity contribution in [3.8, 4) is 0 Å². The van der Waals surface area contributed by atoms with E-state index in [9.17, 15) is 13.2 Å². The minimum Gasteiger partial charge on any atom is -0.388 e. The number of hydrogen-bond acceptors (Lipinski definition) is 1. The number of rotatable bonds is 2. The second-order valence-corrected chi connectivity index (χ2v) is 5.06. The summed E-state index contributed by atoms with van der Waals surface area (Å²) in [7, 11) is 0. The maximum absolute atomic E-state index is 12.6. The molecule has 2 N–H and O–H groups in total. The van der Waals surface area contributed by atoms with E-state index in [0.29, 0.717) is 15.4 Å². The molecule has 0 radical (unpaired) electrons. The van der Waals surface area contributed by atoms with Gasteiger partial charge in [-0.05, 0) is 18.2 Å². The quantitative estimate of drug-likeness (QED) is 0.849. The fourth-order valence-electron chi connectivity index (χ4n) is 1.80. The molecule has 0 atom stereocenters. The predicted molar refractivity (Wildman–Crippen MR) is 71.6 cm³/mol. The van der Waals surface area contributed by atoms with Crippen LogP contribution in [-0.4, -0.2) is 15.7 Å². The van der Waals surface area contributed by atoms with Crippen LogP contribution in [0.4, 0.5) is 13.2 Å². The monoisotopic (exact) mass is 336 g/mol. The first kappa shape index (κ1) is 13.4. The second kappa shape index (κ2) is 4.55. The van der Waals surface area contributed by atoms with E-state index in [0.717, 1.165) is 4.57 Å². The minimum atomic E-state index is -4.33. The van der Waals surface area contributed by atoms with Crippen molar-refractivity contribution in [1.29, 1.82) is 0 Å². The topological polar surface area (TPSA) is 30.9 Å². The molecule has 0 unspecified atom stereocenters. The number of halogens is 4. The predicted octanol–water partition coefficient (Wildman–Crippen LogP) is 3.60. The zero-order chi connectivity index (χ0) is 13.5. The third kappa shape index (κ3) is 2.51. The molecule has 7 heteroatoms. The lowest BCUT2D eigenvalue weighted by Crippen LogP contribution is -2.23. The van der Waals surface area contributed by atoms with Gasteiger partial charge in [-0.15, -0.1) is 0 Å². The van der Waals surface area contributed by atoms with Crippen molar-refractivity contribution in [3.05, 3.63) is 34.4 Å². The van der Waals surface area contributed by atoms with Gasteiger partial charge in [-0.3, -0.25) is 0 Å². The van der Waals surface area contributed by atoms with Gasteiger partial charge in [0.25, 0.3) is 0 Å². The van der Waals surface area contributed by atoms with Crippen LogP contribution < -0.4 is 5.73 Å². The summed E-state index contributed by atoms with van der Waals surface area (Å²) in [5.74, 6) is 0. The Bertz CT molecular complexity index is 619. The molecule has 96 valence electrons. The van der Waals surface area contributed by atoms with Gasteiger partial charge in [-0.1, -0.05) is 34.2 Å². The minimum absolute atomic E-state index is 0.0534. The summed E-state index contributed by atoms with van der Waals surface area (Å²) in [5, 5.41) is 0.657. The molecular weight excluding hydrogens is 329 g/mol. The number of alkyl halides is 3. The lowest BCUT2D eigenvalue weighted by atomic mass is 10.2. The maximum Gasteiger partial charge on any atom is 0.406 e. The molecule has 0 saturated carbocycles. The van der Waals surface area contributed by atoms with E-state index in [-0.39, 0.29) is 10.7 Å². The Morgan fingerprint density at radius 2 is 2.06 bits per heavy atom. The molecule has 0 saturated heterocycles. The Morgan fingerprint density at radius 3 is 2.61 bits per heavy atom. The van der Waals surface area contributed by atoms with Crippen LogP contribution in [0.1, 0.15) is 5.69 Å². The van der Waals surface area contributed by atoms with Gasteiger partial charge in [0, 0.05) is 9.86 Å². The Labute approximate surface area is 115 Å². The van der Waals surface area contributed by atoms with Crippen LogP contribution in [0.25, 0.3) is 10.9 Å². The summed E-state index contributed by atoms with van der Waals surface area (Å²) < 4.78 is 39.5. The van der Waals surface area contributed by atoms with Crippen molar-refractivity contribution in [1.82, 2.24) is 4.57 Å². The summed E-state index contributed by atoms with van der Waals surface area (Å²) in [6.07, 6.45) is -4.33. The van der Waals surface area contributed by atoms with Crippen molar-refractivity contribution < 1.29 is 13.2 Å². The lowest BCUT2D eigenvalue weighted by Gasteiger charge is -2.12. The summed E-state index contributed by atoms with van der Waals surface area (Å²) in [6.45, 7) is -1.11. The Morgan fingerprint density at radius 1 is 1.39 bits per heavy atom. The van der Waals surface area contributed by atoms with E-state index in [1.165, 1.54) is 0 Å². The van der Waals surface area contributed by atoms with E-state index in [1.54, 1.807) is 24.3 Å². The van der Waals surface area contributed by atoms with Crippen LogP contribution in [0.2, 0.25) is 0 Å². The zero-order valence-corrected chi connectivity index (χ0v) is 11.4. The fourth-order valence-corrected chi connectivity index (χ4v) is 2.44. The Hall–Kier alpha value is -1.08. The summed E-state index contributed by atoms with van der Waals surface area (Å²) in [5.41, 5.74) is 6.14. The van der Waals surface area contributed by atoms with Crippen LogP contribution in [-0.2, 0) is 6.54 Å². The van der Waals surface area contributed by atoms with Gasteiger partial charge in [0.05, 0.1) is 11.2 Å². The first-order valence-corrected chi connectivity index (χ1v) is 6.14. The van der Waals surface area contributed by atoms with E-state index in [2.05, 4.69) is 15.9 Å². The lowest BCUT2D eigenvalue weighted by molar-refractivity contribution is -0.139. The average Bonchev–Trinajstić information content (AvgIpc) is 2.57. The smallest absolute Gasteiger partial charge is 0.388 e. The van der Waals surface area contributed by atoms with Crippen LogP contribution >= 0.6 is 28.1 Å². The Balaban J connectivity index is 2.71. The fraction of sp³-hybridized carbons (Fsp3) is 0.182. The number of nitrogens with zero attached hydrogens (tertiary/aromatic N) is 1. The number of aromatic nitrogens is 1. The third-order valence-electron chi connectivity index (χ3n) is 2.48. The van der Waals surface area contributed by atoms with Gasteiger partial charge in [0.15, 0.2) is 0 Å². The largest absolute Gasteiger partial charge is 0.406 e. The van der Waals surface area contributed by atoms with Crippen molar-refractivity contribution in [2.24, 2.45) is 5.73 Å². The SMILES string of the molecule is NC(=S)c1cc2c(Br)cccc2n1CC(F)(F)F. The van der Waals surface area contributed by atoms with Gasteiger partial charge in [0.2, 0.25) is 0 Å². The maximum atomic E-state index is 12.6. The zero-order valence-electron chi connectivity index (χ0n) is 8.96. The van der Waals surface area contributed by atoms with Crippen LogP contribution in [0.15, 0.2) is 28.7 Å². The molecule has 2 aromatic rings. The number of thiocarbonyl (C=S) groups is 1. The number of benzene rings is 1. The molecule has 2 nitrogen and oxygen atoms in total. The van der Waals surface area contributed by atoms with E-state index in [4.69, 9.17) is 18.0 Å². The highest BCUT2D eigenvalue weighted by atomic mass is 79.9. The highest BCUT2D eigenvalue weighted by molar-refractivity contribution is 9.10. The molecule has 1 aromatic heterocycles. The van der Waals surface area contributed by atoms with E-state index < -0.39 is 12.7 Å². The Kier molecular flexibility index (Phi) is 3.37. The number of hydrogen-bond donors (Lipinski definition) is 1.